The molecule has 1 aromatic heterocycles. The van der Waals surface area contributed by atoms with Gasteiger partial charge in [-0.25, -0.2) is 9.07 Å². The Bertz CT molecular complexity index is 557. The van der Waals surface area contributed by atoms with E-state index in [1.165, 1.54) is 6.07 Å². The van der Waals surface area contributed by atoms with Crippen LogP contribution >= 0.6 is 0 Å². The van der Waals surface area contributed by atoms with Gasteiger partial charge in [0.25, 0.3) is 0 Å². The van der Waals surface area contributed by atoms with E-state index >= 15 is 0 Å². The summed E-state index contributed by atoms with van der Waals surface area (Å²) >= 11 is 0. The third-order valence-electron chi connectivity index (χ3n) is 3.32. The van der Waals surface area contributed by atoms with E-state index in [1.54, 1.807) is 10.7 Å². The summed E-state index contributed by atoms with van der Waals surface area (Å²) in [7, 11) is 0. The van der Waals surface area contributed by atoms with Crippen LogP contribution in [-0.2, 0) is 6.42 Å². The van der Waals surface area contributed by atoms with Gasteiger partial charge in [-0.05, 0) is 31.4 Å². The number of aryl methyl sites for hydroxylation is 1. The Hall–Kier alpha value is -1.75. The molecule has 0 aliphatic heterocycles. The van der Waals surface area contributed by atoms with Gasteiger partial charge in [-0.3, -0.25) is 0 Å². The quantitative estimate of drug-likeness (QED) is 0.921. The average molecular weight is 262 g/mol. The van der Waals surface area contributed by atoms with Crippen molar-refractivity contribution in [3.05, 3.63) is 41.0 Å². The number of hydrogen-bond donors (Lipinski definition) is 1. The third-order valence-corrected chi connectivity index (χ3v) is 3.32. The van der Waals surface area contributed by atoms with Gasteiger partial charge >= 0.3 is 0 Å². The van der Waals surface area contributed by atoms with E-state index < -0.39 is 0 Å². The average Bonchev–Trinajstić information content (AvgIpc) is 2.81. The van der Waals surface area contributed by atoms with Crippen molar-refractivity contribution in [2.24, 2.45) is 5.73 Å². The molecule has 2 aromatic rings. The second-order valence-corrected chi connectivity index (χ2v) is 4.61. The van der Waals surface area contributed by atoms with Gasteiger partial charge < -0.3 is 5.73 Å². The maximum atomic E-state index is 14.0. The number of nitrogens with zero attached hydrogens (tertiary/aromatic N) is 3. The smallest absolute Gasteiger partial charge is 0.149 e. The molecule has 0 fully saturated rings. The van der Waals surface area contributed by atoms with Crippen LogP contribution in [0.2, 0.25) is 0 Å². The van der Waals surface area contributed by atoms with E-state index in [0.717, 1.165) is 23.4 Å². The first-order valence-corrected chi connectivity index (χ1v) is 6.55. The van der Waals surface area contributed by atoms with E-state index in [4.69, 9.17) is 5.73 Å². The first kappa shape index (κ1) is 13.7. The second-order valence-electron chi connectivity index (χ2n) is 4.61. The van der Waals surface area contributed by atoms with Crippen LogP contribution < -0.4 is 5.73 Å². The predicted molar refractivity (Wildman–Crippen MR) is 72.7 cm³/mol. The van der Waals surface area contributed by atoms with Crippen LogP contribution in [0.1, 0.15) is 43.3 Å². The summed E-state index contributed by atoms with van der Waals surface area (Å²) in [6.45, 7) is 5.85. The summed E-state index contributed by atoms with van der Waals surface area (Å²) in [6.07, 6.45) is 1.49. The molecule has 1 aromatic carbocycles. The highest BCUT2D eigenvalue weighted by molar-refractivity contribution is 5.42. The fraction of sp³-hybridized carbons (Fsp3) is 0.429. The van der Waals surface area contributed by atoms with Crippen molar-refractivity contribution >= 4 is 0 Å². The summed E-state index contributed by atoms with van der Waals surface area (Å²) in [5, 5.41) is 8.23. The highest BCUT2D eigenvalue weighted by Crippen LogP contribution is 2.23. The Balaban J connectivity index is 2.60. The molecule has 0 spiro atoms. The Morgan fingerprint density at radius 1 is 1.37 bits per heavy atom. The summed E-state index contributed by atoms with van der Waals surface area (Å²) in [6, 6.07) is 4.83. The molecule has 19 heavy (non-hydrogen) atoms. The number of aromatic nitrogens is 3. The van der Waals surface area contributed by atoms with Gasteiger partial charge in [0.1, 0.15) is 17.2 Å². The van der Waals surface area contributed by atoms with Crippen LogP contribution in [0.4, 0.5) is 4.39 Å². The first-order valence-electron chi connectivity index (χ1n) is 6.55. The molecule has 2 N–H and O–H groups in total. The van der Waals surface area contributed by atoms with Crippen LogP contribution in [0.3, 0.4) is 0 Å². The van der Waals surface area contributed by atoms with Crippen LogP contribution in [0, 0.1) is 12.7 Å². The number of rotatable bonds is 4. The molecule has 0 aliphatic rings. The highest BCUT2D eigenvalue weighted by Gasteiger charge is 2.20. The van der Waals surface area contributed by atoms with Crippen molar-refractivity contribution < 1.29 is 4.39 Å². The summed E-state index contributed by atoms with van der Waals surface area (Å²) < 4.78 is 15.6. The van der Waals surface area contributed by atoms with Crippen molar-refractivity contribution in [2.75, 3.05) is 0 Å². The molecule has 1 heterocycles. The van der Waals surface area contributed by atoms with E-state index in [9.17, 15) is 4.39 Å². The number of nitrogens with two attached hydrogens (primary N) is 1. The molecule has 4 nitrogen and oxygen atoms in total. The maximum absolute atomic E-state index is 14.0. The minimum Gasteiger partial charge on any atom is -0.323 e. The van der Waals surface area contributed by atoms with Gasteiger partial charge in [0.05, 0.1) is 11.7 Å². The topological polar surface area (TPSA) is 56.7 Å². The lowest BCUT2D eigenvalue weighted by atomic mass is 10.1. The van der Waals surface area contributed by atoms with E-state index in [0.29, 0.717) is 12.1 Å². The highest BCUT2D eigenvalue weighted by atomic mass is 19.1. The number of para-hydroxylation sites is 1. The van der Waals surface area contributed by atoms with Gasteiger partial charge in [0, 0.05) is 0 Å². The molecule has 0 saturated carbocycles. The van der Waals surface area contributed by atoms with Crippen LogP contribution in [0.25, 0.3) is 5.69 Å². The Kier molecular flexibility index (Phi) is 3.95. The standard InChI is InChI=1S/C14H19FN4/c1-4-11(16)13-12(5-2)19(18-17-13)14-9(3)7-6-8-10(14)15/h6-8,11H,4-5,16H2,1-3H3. The zero-order valence-corrected chi connectivity index (χ0v) is 11.5. The molecular formula is C14H19FN4. The lowest BCUT2D eigenvalue weighted by Crippen LogP contribution is -2.13. The molecule has 1 unspecified atom stereocenters. The van der Waals surface area contributed by atoms with Gasteiger partial charge in [-0.2, -0.15) is 0 Å². The monoisotopic (exact) mass is 262 g/mol. The zero-order valence-electron chi connectivity index (χ0n) is 11.5. The Morgan fingerprint density at radius 3 is 2.68 bits per heavy atom. The fourth-order valence-corrected chi connectivity index (χ4v) is 2.20. The molecule has 0 radical (unpaired) electrons. The number of halogens is 1. The van der Waals surface area contributed by atoms with Crippen molar-refractivity contribution in [3.63, 3.8) is 0 Å². The van der Waals surface area contributed by atoms with Crippen molar-refractivity contribution in [3.8, 4) is 5.69 Å². The van der Waals surface area contributed by atoms with E-state index in [2.05, 4.69) is 10.3 Å². The van der Waals surface area contributed by atoms with Crippen molar-refractivity contribution in [2.45, 2.75) is 39.7 Å². The predicted octanol–water partition coefficient (Wildman–Crippen LogP) is 2.69. The molecule has 102 valence electrons. The minimum absolute atomic E-state index is 0.157. The SMILES string of the molecule is CCc1c(C(N)CC)nnn1-c1c(C)cccc1F. The number of hydrogen-bond acceptors (Lipinski definition) is 3. The minimum atomic E-state index is -0.295. The molecule has 0 aliphatic carbocycles. The van der Waals surface area contributed by atoms with Crippen LogP contribution in [0.5, 0.6) is 0 Å². The summed E-state index contributed by atoms with van der Waals surface area (Å²) in [5.41, 5.74) is 8.95. The molecular weight excluding hydrogens is 243 g/mol. The molecule has 0 saturated heterocycles. The largest absolute Gasteiger partial charge is 0.323 e. The Morgan fingerprint density at radius 2 is 2.11 bits per heavy atom. The fourth-order valence-electron chi connectivity index (χ4n) is 2.20. The van der Waals surface area contributed by atoms with Gasteiger partial charge in [-0.15, -0.1) is 5.10 Å². The third kappa shape index (κ3) is 2.38. The number of benzene rings is 1. The second kappa shape index (κ2) is 5.48. The molecule has 0 amide bonds. The molecule has 2 rings (SSSR count). The first-order chi connectivity index (χ1) is 9.10. The van der Waals surface area contributed by atoms with Gasteiger partial charge in [0.2, 0.25) is 0 Å². The molecule has 0 bridgehead atoms. The van der Waals surface area contributed by atoms with Gasteiger partial charge in [0.15, 0.2) is 0 Å². The molecule has 1 atom stereocenters. The summed E-state index contributed by atoms with van der Waals surface area (Å²) in [4.78, 5) is 0. The summed E-state index contributed by atoms with van der Waals surface area (Å²) in [5.74, 6) is -0.295. The Labute approximate surface area is 112 Å². The van der Waals surface area contributed by atoms with Crippen molar-refractivity contribution in [1.29, 1.82) is 0 Å². The van der Waals surface area contributed by atoms with Crippen LogP contribution in [0.15, 0.2) is 18.2 Å². The lowest BCUT2D eigenvalue weighted by molar-refractivity contribution is 0.600. The lowest BCUT2D eigenvalue weighted by Gasteiger charge is -2.11. The normalized spacial score (nSPS) is 12.7. The van der Waals surface area contributed by atoms with E-state index in [1.807, 2.05) is 26.8 Å². The van der Waals surface area contributed by atoms with E-state index in [-0.39, 0.29) is 11.9 Å². The zero-order chi connectivity index (χ0) is 14.0. The van der Waals surface area contributed by atoms with Crippen molar-refractivity contribution in [1.82, 2.24) is 15.0 Å². The molecule has 5 heteroatoms. The van der Waals surface area contributed by atoms with Crippen LogP contribution in [-0.4, -0.2) is 15.0 Å². The maximum Gasteiger partial charge on any atom is 0.149 e. The van der Waals surface area contributed by atoms with Gasteiger partial charge in [-0.1, -0.05) is 31.2 Å².